The van der Waals surface area contributed by atoms with E-state index in [0.717, 1.165) is 20.9 Å². The van der Waals surface area contributed by atoms with Crippen LogP contribution in [-0.2, 0) is 6.42 Å². The number of aromatic amines is 1. The standard InChI is InChI=1S/C26H25BrFN3O4/c1-33-22-12-17(13-23(34-2)25(22)35-3)31-21-11-16(28)7-8-18(21)26(32)29-10-9-15-14-30-20-6-4-5-19(27)24(15)20/h4-8,11-14,30-31H,9-10H2,1-3H3,(H,29,32). The molecule has 4 aromatic rings. The molecule has 0 saturated carbocycles. The van der Waals surface area contributed by atoms with E-state index in [1.54, 1.807) is 12.1 Å². The van der Waals surface area contributed by atoms with Crippen molar-refractivity contribution >= 4 is 44.1 Å². The molecule has 0 radical (unpaired) electrons. The molecule has 0 atom stereocenters. The minimum Gasteiger partial charge on any atom is -0.493 e. The largest absolute Gasteiger partial charge is 0.493 e. The number of rotatable bonds is 9. The zero-order valence-electron chi connectivity index (χ0n) is 19.5. The fourth-order valence-electron chi connectivity index (χ4n) is 3.94. The van der Waals surface area contributed by atoms with Crippen LogP contribution in [0.15, 0.2) is 59.2 Å². The van der Waals surface area contributed by atoms with Crippen molar-refractivity contribution in [2.45, 2.75) is 6.42 Å². The number of anilines is 2. The zero-order chi connectivity index (χ0) is 24.9. The maximum Gasteiger partial charge on any atom is 0.253 e. The van der Waals surface area contributed by atoms with Gasteiger partial charge in [0.25, 0.3) is 5.91 Å². The van der Waals surface area contributed by atoms with Crippen LogP contribution in [0.3, 0.4) is 0 Å². The number of hydrogen-bond donors (Lipinski definition) is 3. The van der Waals surface area contributed by atoms with E-state index in [-0.39, 0.29) is 5.91 Å². The van der Waals surface area contributed by atoms with Gasteiger partial charge >= 0.3 is 0 Å². The highest BCUT2D eigenvalue weighted by molar-refractivity contribution is 9.10. The first-order valence-corrected chi connectivity index (χ1v) is 11.6. The summed E-state index contributed by atoms with van der Waals surface area (Å²) >= 11 is 3.58. The van der Waals surface area contributed by atoms with Gasteiger partial charge in [0.15, 0.2) is 11.5 Å². The summed E-state index contributed by atoms with van der Waals surface area (Å²) in [6.07, 6.45) is 2.57. The Kier molecular flexibility index (Phi) is 7.45. The number of nitrogens with one attached hydrogen (secondary N) is 3. The van der Waals surface area contributed by atoms with E-state index in [2.05, 4.69) is 31.5 Å². The Bertz CT molecular complexity index is 1350. The number of halogens is 2. The van der Waals surface area contributed by atoms with Crippen LogP contribution in [0.4, 0.5) is 15.8 Å². The van der Waals surface area contributed by atoms with Crippen LogP contribution >= 0.6 is 15.9 Å². The van der Waals surface area contributed by atoms with Crippen LogP contribution in [0, 0.1) is 5.82 Å². The average Bonchev–Trinajstić information content (AvgIpc) is 3.27. The molecular formula is C26H25BrFN3O4. The molecule has 0 aliphatic rings. The molecule has 3 aromatic carbocycles. The van der Waals surface area contributed by atoms with Crippen molar-refractivity contribution in [3.63, 3.8) is 0 Å². The number of fused-ring (bicyclic) bond motifs is 1. The Hall–Kier alpha value is -3.72. The molecule has 7 nitrogen and oxygen atoms in total. The van der Waals surface area contributed by atoms with Crippen molar-refractivity contribution in [2.24, 2.45) is 0 Å². The third-order valence-corrected chi connectivity index (χ3v) is 6.25. The molecule has 0 saturated heterocycles. The fourth-order valence-corrected chi connectivity index (χ4v) is 4.56. The highest BCUT2D eigenvalue weighted by Gasteiger charge is 2.17. The monoisotopic (exact) mass is 541 g/mol. The highest BCUT2D eigenvalue weighted by atomic mass is 79.9. The SMILES string of the molecule is COc1cc(Nc2cc(F)ccc2C(=O)NCCc2c[nH]c3cccc(Br)c23)cc(OC)c1OC. The van der Waals surface area contributed by atoms with Crippen LogP contribution in [0.25, 0.3) is 10.9 Å². The summed E-state index contributed by atoms with van der Waals surface area (Å²) in [6.45, 7) is 0.411. The van der Waals surface area contributed by atoms with E-state index in [1.807, 2.05) is 24.4 Å². The van der Waals surface area contributed by atoms with E-state index in [4.69, 9.17) is 14.2 Å². The molecular weight excluding hydrogens is 517 g/mol. The predicted molar refractivity (Wildman–Crippen MR) is 138 cm³/mol. The lowest BCUT2D eigenvalue weighted by Gasteiger charge is -2.17. The highest BCUT2D eigenvalue weighted by Crippen LogP contribution is 2.41. The summed E-state index contributed by atoms with van der Waals surface area (Å²) in [5, 5.41) is 7.12. The second-order valence-corrected chi connectivity index (χ2v) is 8.57. The minimum absolute atomic E-state index is 0.306. The third-order valence-electron chi connectivity index (χ3n) is 5.59. The van der Waals surface area contributed by atoms with Crippen molar-refractivity contribution in [1.29, 1.82) is 0 Å². The number of carbonyl (C=O) groups is 1. The van der Waals surface area contributed by atoms with Gasteiger partial charge in [-0.3, -0.25) is 4.79 Å². The number of ether oxygens (including phenoxy) is 3. The summed E-state index contributed by atoms with van der Waals surface area (Å²) in [6, 6.07) is 13.3. The van der Waals surface area contributed by atoms with Crippen LogP contribution < -0.4 is 24.8 Å². The van der Waals surface area contributed by atoms with Gasteiger partial charge in [0.1, 0.15) is 5.82 Å². The molecule has 1 amide bonds. The van der Waals surface area contributed by atoms with Gasteiger partial charge in [-0.2, -0.15) is 0 Å². The third kappa shape index (κ3) is 5.19. The van der Waals surface area contributed by atoms with Crippen LogP contribution in [0.2, 0.25) is 0 Å². The van der Waals surface area contributed by atoms with Gasteiger partial charge in [0, 0.05) is 45.9 Å². The summed E-state index contributed by atoms with van der Waals surface area (Å²) < 4.78 is 31.2. The number of H-pyrrole nitrogens is 1. The van der Waals surface area contributed by atoms with Crippen LogP contribution in [0.1, 0.15) is 15.9 Å². The quantitative estimate of drug-likeness (QED) is 0.249. The Labute approximate surface area is 210 Å². The lowest BCUT2D eigenvalue weighted by Crippen LogP contribution is -2.26. The minimum atomic E-state index is -0.472. The number of aromatic nitrogens is 1. The Morgan fingerprint density at radius 3 is 2.46 bits per heavy atom. The topological polar surface area (TPSA) is 84.6 Å². The van der Waals surface area contributed by atoms with Gasteiger partial charge in [-0.1, -0.05) is 22.0 Å². The number of hydrogen-bond acceptors (Lipinski definition) is 5. The van der Waals surface area contributed by atoms with Gasteiger partial charge < -0.3 is 29.8 Å². The number of benzene rings is 3. The van der Waals surface area contributed by atoms with Crippen LogP contribution in [0.5, 0.6) is 17.2 Å². The summed E-state index contributed by atoms with van der Waals surface area (Å²) in [5.74, 6) is 0.504. The van der Waals surface area contributed by atoms with Crippen LogP contribution in [-0.4, -0.2) is 38.8 Å². The van der Waals surface area contributed by atoms with Gasteiger partial charge in [-0.15, -0.1) is 0 Å². The molecule has 0 unspecified atom stereocenters. The van der Waals surface area contributed by atoms with Gasteiger partial charge in [0.05, 0.1) is 32.6 Å². The summed E-state index contributed by atoms with van der Waals surface area (Å²) in [4.78, 5) is 16.3. The number of carbonyl (C=O) groups excluding carboxylic acids is 1. The lowest BCUT2D eigenvalue weighted by molar-refractivity contribution is 0.0955. The first-order valence-electron chi connectivity index (χ1n) is 10.8. The first kappa shape index (κ1) is 24.4. The molecule has 0 bridgehead atoms. The van der Waals surface area contributed by atoms with E-state index in [0.29, 0.717) is 47.2 Å². The zero-order valence-corrected chi connectivity index (χ0v) is 21.1. The van der Waals surface area contributed by atoms with Gasteiger partial charge in [0.2, 0.25) is 5.75 Å². The molecule has 182 valence electrons. The Morgan fingerprint density at radius 2 is 1.77 bits per heavy atom. The molecule has 35 heavy (non-hydrogen) atoms. The van der Waals surface area contributed by atoms with Gasteiger partial charge in [-0.25, -0.2) is 4.39 Å². The van der Waals surface area contributed by atoms with E-state index in [9.17, 15) is 9.18 Å². The number of amides is 1. The lowest BCUT2D eigenvalue weighted by atomic mass is 10.1. The van der Waals surface area contributed by atoms with Crippen molar-refractivity contribution in [1.82, 2.24) is 10.3 Å². The predicted octanol–water partition coefficient (Wildman–Crippen LogP) is 5.81. The van der Waals surface area contributed by atoms with E-state index >= 15 is 0 Å². The smallest absolute Gasteiger partial charge is 0.253 e. The second-order valence-electron chi connectivity index (χ2n) is 7.71. The molecule has 1 heterocycles. The van der Waals surface area contributed by atoms with E-state index in [1.165, 1.54) is 39.5 Å². The molecule has 4 rings (SSSR count). The van der Waals surface area contributed by atoms with E-state index < -0.39 is 5.82 Å². The molecule has 0 fully saturated rings. The Morgan fingerprint density at radius 1 is 1.03 bits per heavy atom. The summed E-state index contributed by atoms with van der Waals surface area (Å²) in [7, 11) is 4.53. The molecule has 9 heteroatoms. The molecule has 0 aliphatic heterocycles. The first-order chi connectivity index (χ1) is 16.9. The maximum atomic E-state index is 14.1. The molecule has 0 aliphatic carbocycles. The van der Waals surface area contributed by atoms with Crippen molar-refractivity contribution in [2.75, 3.05) is 33.2 Å². The fraction of sp³-hybridized carbons (Fsp3) is 0.192. The summed E-state index contributed by atoms with van der Waals surface area (Å²) in [5.41, 5.74) is 3.27. The Balaban J connectivity index is 1.53. The van der Waals surface area contributed by atoms with Crippen molar-refractivity contribution in [3.05, 3.63) is 76.1 Å². The molecule has 1 aromatic heterocycles. The van der Waals surface area contributed by atoms with Gasteiger partial charge in [-0.05, 0) is 42.3 Å². The maximum absolute atomic E-state index is 14.1. The number of methoxy groups -OCH3 is 3. The molecule has 0 spiro atoms. The second kappa shape index (κ2) is 10.7. The normalized spacial score (nSPS) is 10.8. The average molecular weight is 542 g/mol. The molecule has 3 N–H and O–H groups in total. The van der Waals surface area contributed by atoms with Crippen molar-refractivity contribution in [3.8, 4) is 17.2 Å². The van der Waals surface area contributed by atoms with Crippen molar-refractivity contribution < 1.29 is 23.4 Å².